The summed E-state index contributed by atoms with van der Waals surface area (Å²) < 4.78 is 0. The van der Waals surface area contributed by atoms with Crippen LogP contribution in [0.3, 0.4) is 0 Å². The van der Waals surface area contributed by atoms with Crippen molar-refractivity contribution in [3.05, 3.63) is 23.4 Å². The van der Waals surface area contributed by atoms with Gasteiger partial charge in [-0.1, -0.05) is 0 Å². The quantitative estimate of drug-likeness (QED) is 0.509. The minimum absolute atomic E-state index is 0.434. The first kappa shape index (κ1) is 14.8. The third kappa shape index (κ3) is 2.52. The van der Waals surface area contributed by atoms with Crippen LogP contribution in [0.4, 0.5) is 11.4 Å². The summed E-state index contributed by atoms with van der Waals surface area (Å²) in [7, 11) is 0. The summed E-state index contributed by atoms with van der Waals surface area (Å²) in [4.78, 5) is 19.2. The molecule has 0 aliphatic heterocycles. The Hall–Kier alpha value is -2.63. The zero-order valence-corrected chi connectivity index (χ0v) is 12.3. The summed E-state index contributed by atoms with van der Waals surface area (Å²) in [5.74, 6) is -0.938. The van der Waals surface area contributed by atoms with Crippen molar-refractivity contribution in [3.8, 4) is 0 Å². The molecule has 2 aromatic rings. The monoisotopic (exact) mass is 285 g/mol. The summed E-state index contributed by atoms with van der Waals surface area (Å²) in [6.45, 7) is 5.46. The van der Waals surface area contributed by atoms with Crippen molar-refractivity contribution in [1.29, 1.82) is 5.41 Å². The van der Waals surface area contributed by atoms with Crippen LogP contribution in [0.15, 0.2) is 17.1 Å². The number of amides is 1. The molecule has 6 N–H and O–H groups in total. The van der Waals surface area contributed by atoms with E-state index in [9.17, 15) is 4.79 Å². The normalized spacial score (nSPS) is 12.1. The highest BCUT2D eigenvalue weighted by atomic mass is 16.1. The van der Waals surface area contributed by atoms with Crippen LogP contribution in [0.2, 0.25) is 0 Å². The molecule has 2 rings (SSSR count). The molecule has 0 aliphatic carbocycles. The number of aliphatic imine (C=N–C) groups is 1. The molecule has 1 aromatic carbocycles. The van der Waals surface area contributed by atoms with Gasteiger partial charge in [-0.2, -0.15) is 0 Å². The predicted molar refractivity (Wildman–Crippen MR) is 86.6 cm³/mol. The summed E-state index contributed by atoms with van der Waals surface area (Å²) in [6.07, 6.45) is 1.20. The van der Waals surface area contributed by atoms with Crippen molar-refractivity contribution >= 4 is 40.1 Å². The number of benzene rings is 1. The van der Waals surface area contributed by atoms with Gasteiger partial charge in [0.15, 0.2) is 0 Å². The molecule has 0 saturated carbocycles. The Bertz CT molecular complexity index is 753. The highest BCUT2D eigenvalue weighted by Crippen LogP contribution is 2.38. The van der Waals surface area contributed by atoms with Crippen molar-refractivity contribution in [2.24, 2.45) is 10.7 Å². The molecule has 110 valence electrons. The Balaban J connectivity index is 2.91. The largest absolute Gasteiger partial charge is 0.398 e. The van der Waals surface area contributed by atoms with Gasteiger partial charge in [-0.15, -0.1) is 0 Å². The molecular formula is C15H19N5O. The van der Waals surface area contributed by atoms with Crippen molar-refractivity contribution in [2.45, 2.75) is 26.7 Å². The molecule has 6 heteroatoms. The van der Waals surface area contributed by atoms with Gasteiger partial charge in [0.05, 0.1) is 17.3 Å². The van der Waals surface area contributed by atoms with E-state index in [0.29, 0.717) is 22.6 Å². The van der Waals surface area contributed by atoms with Gasteiger partial charge in [0.25, 0.3) is 0 Å². The lowest BCUT2D eigenvalue weighted by Gasteiger charge is -2.07. The third-order valence-corrected chi connectivity index (χ3v) is 3.38. The van der Waals surface area contributed by atoms with Gasteiger partial charge in [0.2, 0.25) is 5.91 Å². The van der Waals surface area contributed by atoms with Crippen LogP contribution < -0.4 is 11.5 Å². The van der Waals surface area contributed by atoms with Crippen LogP contribution in [0.25, 0.3) is 10.9 Å². The van der Waals surface area contributed by atoms with Gasteiger partial charge in [0.1, 0.15) is 0 Å². The second-order valence-corrected chi connectivity index (χ2v) is 5.21. The number of aromatic nitrogens is 1. The molecule has 0 radical (unpaired) electrons. The van der Waals surface area contributed by atoms with Crippen LogP contribution in [0, 0.1) is 5.41 Å². The molecule has 21 heavy (non-hydrogen) atoms. The zero-order valence-electron chi connectivity index (χ0n) is 12.3. The third-order valence-electron chi connectivity index (χ3n) is 3.38. The number of H-pyrrole nitrogens is 1. The lowest BCUT2D eigenvalue weighted by atomic mass is 10.0. The Morgan fingerprint density at radius 1 is 1.43 bits per heavy atom. The van der Waals surface area contributed by atoms with Crippen molar-refractivity contribution < 1.29 is 4.79 Å². The first-order valence-corrected chi connectivity index (χ1v) is 6.62. The Morgan fingerprint density at radius 3 is 2.62 bits per heavy atom. The summed E-state index contributed by atoms with van der Waals surface area (Å²) in [6, 6.07) is 3.54. The van der Waals surface area contributed by atoms with Crippen molar-refractivity contribution in [3.63, 3.8) is 0 Å². The number of nitrogens with one attached hydrogen (secondary N) is 2. The molecule has 1 unspecified atom stereocenters. The van der Waals surface area contributed by atoms with Gasteiger partial charge >= 0.3 is 0 Å². The lowest BCUT2D eigenvalue weighted by Crippen LogP contribution is -2.19. The lowest BCUT2D eigenvalue weighted by molar-refractivity contribution is -0.119. The fourth-order valence-corrected chi connectivity index (χ4v) is 2.28. The maximum absolute atomic E-state index is 11.5. The van der Waals surface area contributed by atoms with Crippen molar-refractivity contribution in [2.75, 3.05) is 5.73 Å². The van der Waals surface area contributed by atoms with Crippen LogP contribution in [0.5, 0.6) is 0 Å². The predicted octanol–water partition coefficient (Wildman–Crippen LogP) is 2.45. The number of primary amides is 1. The molecule has 1 heterocycles. The number of rotatable bonds is 4. The molecule has 0 saturated heterocycles. The number of aromatic amines is 1. The number of carbonyl (C=O) groups excluding carboxylic acids is 1. The average molecular weight is 285 g/mol. The fourth-order valence-electron chi connectivity index (χ4n) is 2.28. The number of anilines is 1. The topological polar surface area (TPSA) is 121 Å². The van der Waals surface area contributed by atoms with Gasteiger partial charge < -0.3 is 21.9 Å². The fraction of sp³-hybridized carbons (Fsp3) is 0.267. The van der Waals surface area contributed by atoms with Gasteiger partial charge in [-0.25, -0.2) is 0 Å². The molecule has 1 amide bonds. The van der Waals surface area contributed by atoms with E-state index < -0.39 is 11.8 Å². The zero-order chi connectivity index (χ0) is 15.7. The van der Waals surface area contributed by atoms with Crippen molar-refractivity contribution in [1.82, 2.24) is 4.98 Å². The molecular weight excluding hydrogens is 266 g/mol. The number of nitrogens with two attached hydrogens (primary N) is 2. The second-order valence-electron chi connectivity index (χ2n) is 5.21. The van der Waals surface area contributed by atoms with Crippen LogP contribution in [0.1, 0.15) is 37.9 Å². The van der Waals surface area contributed by atoms with E-state index >= 15 is 0 Å². The van der Waals surface area contributed by atoms with Crippen LogP contribution in [-0.2, 0) is 4.79 Å². The summed E-state index contributed by atoms with van der Waals surface area (Å²) >= 11 is 0. The summed E-state index contributed by atoms with van der Waals surface area (Å²) in [5, 5.41) is 8.33. The van der Waals surface area contributed by atoms with E-state index in [-0.39, 0.29) is 0 Å². The minimum Gasteiger partial charge on any atom is -0.398 e. The van der Waals surface area contributed by atoms with Gasteiger partial charge in [0, 0.05) is 34.1 Å². The Labute approximate surface area is 122 Å². The number of fused-ring (bicyclic) bond motifs is 1. The molecule has 0 aliphatic rings. The Kier molecular flexibility index (Phi) is 3.80. The highest BCUT2D eigenvalue weighted by Gasteiger charge is 2.22. The second kappa shape index (κ2) is 5.40. The highest BCUT2D eigenvalue weighted by molar-refractivity contribution is 6.10. The molecule has 0 bridgehead atoms. The minimum atomic E-state index is -0.504. The van der Waals surface area contributed by atoms with Crippen LogP contribution in [-0.4, -0.2) is 22.8 Å². The van der Waals surface area contributed by atoms with E-state index in [1.807, 2.05) is 19.9 Å². The SMILES string of the molecule is CC(C)=Nc1c(C(C)C(N)=O)[nH]c2ccc(N)c(C=N)c12. The number of nitrogen functional groups attached to an aromatic ring is 1. The van der Waals surface area contributed by atoms with E-state index in [1.165, 1.54) is 6.21 Å². The van der Waals surface area contributed by atoms with E-state index in [1.54, 1.807) is 13.0 Å². The molecule has 6 nitrogen and oxygen atoms in total. The molecule has 1 atom stereocenters. The Morgan fingerprint density at radius 2 is 2.10 bits per heavy atom. The van der Waals surface area contributed by atoms with Crippen LogP contribution >= 0.6 is 0 Å². The van der Waals surface area contributed by atoms with Gasteiger partial charge in [-0.3, -0.25) is 9.79 Å². The number of nitrogens with zero attached hydrogens (tertiary/aromatic N) is 1. The maximum atomic E-state index is 11.5. The van der Waals surface area contributed by atoms with E-state index in [0.717, 1.165) is 16.6 Å². The summed E-state index contributed by atoms with van der Waals surface area (Å²) in [5.41, 5.74) is 15.3. The number of carbonyl (C=O) groups is 1. The van der Waals surface area contributed by atoms with Gasteiger partial charge in [-0.05, 0) is 32.9 Å². The standard InChI is InChI=1S/C15H19N5O/c1-7(2)19-14-12-9(6-16)10(17)4-5-11(12)20-13(14)8(3)15(18)21/h4-6,8,16,20H,17H2,1-3H3,(H2,18,21). The first-order chi connectivity index (χ1) is 9.86. The molecule has 0 spiro atoms. The van der Waals surface area contributed by atoms with E-state index in [4.69, 9.17) is 16.9 Å². The molecule has 0 fully saturated rings. The number of hydrogen-bond donors (Lipinski definition) is 4. The molecule has 1 aromatic heterocycles. The number of hydrogen-bond acceptors (Lipinski definition) is 4. The smallest absolute Gasteiger partial charge is 0.226 e. The maximum Gasteiger partial charge on any atom is 0.226 e. The first-order valence-electron chi connectivity index (χ1n) is 6.62. The average Bonchev–Trinajstić information content (AvgIpc) is 2.76. The van der Waals surface area contributed by atoms with E-state index in [2.05, 4.69) is 9.98 Å².